The highest BCUT2D eigenvalue weighted by Gasteiger charge is 2.48. The number of ether oxygens (including phenoxy) is 1. The van der Waals surface area contributed by atoms with Gasteiger partial charge in [-0.1, -0.05) is 24.6 Å². The summed E-state index contributed by atoms with van der Waals surface area (Å²) in [5, 5.41) is 0. The minimum absolute atomic E-state index is 0.117. The van der Waals surface area contributed by atoms with Crippen molar-refractivity contribution in [2.75, 3.05) is 0 Å². The molecule has 0 aromatic carbocycles. The highest BCUT2D eigenvalue weighted by atomic mass is 16.5. The monoisotopic (exact) mass is 276 g/mol. The van der Waals surface area contributed by atoms with E-state index in [0.717, 1.165) is 24.8 Å². The van der Waals surface area contributed by atoms with Crippen molar-refractivity contribution in [1.82, 2.24) is 0 Å². The third kappa shape index (κ3) is 2.46. The number of rotatable bonds is 2. The van der Waals surface area contributed by atoms with Gasteiger partial charge in [-0.05, 0) is 44.6 Å². The van der Waals surface area contributed by atoms with Crippen LogP contribution in [0.15, 0.2) is 23.3 Å². The molecule has 1 fully saturated rings. The maximum atomic E-state index is 12.2. The molecule has 0 heterocycles. The van der Waals surface area contributed by atoms with E-state index in [1.165, 1.54) is 18.1 Å². The van der Waals surface area contributed by atoms with Crippen molar-refractivity contribution in [2.24, 2.45) is 11.3 Å². The van der Waals surface area contributed by atoms with Crippen LogP contribution in [0.25, 0.3) is 0 Å². The first kappa shape index (κ1) is 15.0. The Kier molecular flexibility index (Phi) is 3.90. The lowest BCUT2D eigenvalue weighted by atomic mass is 9.59. The number of hydrogen-bond donors (Lipinski definition) is 0. The van der Waals surface area contributed by atoms with Gasteiger partial charge in [-0.2, -0.15) is 0 Å². The van der Waals surface area contributed by atoms with Gasteiger partial charge in [-0.3, -0.25) is 9.59 Å². The lowest BCUT2D eigenvalue weighted by molar-refractivity contribution is -0.155. The molecular weight excluding hydrogens is 252 g/mol. The van der Waals surface area contributed by atoms with Gasteiger partial charge < -0.3 is 4.74 Å². The first-order valence-electron chi connectivity index (χ1n) is 7.31. The number of esters is 1. The van der Waals surface area contributed by atoms with Gasteiger partial charge in [-0.15, -0.1) is 0 Å². The summed E-state index contributed by atoms with van der Waals surface area (Å²) in [6, 6.07) is 0. The van der Waals surface area contributed by atoms with Gasteiger partial charge in [0.05, 0.1) is 0 Å². The van der Waals surface area contributed by atoms with Crippen molar-refractivity contribution in [2.45, 2.75) is 59.5 Å². The first-order valence-corrected chi connectivity index (χ1v) is 7.31. The molecule has 2 aliphatic carbocycles. The molecule has 3 nitrogen and oxygen atoms in total. The fourth-order valence-corrected chi connectivity index (χ4v) is 3.65. The second kappa shape index (κ2) is 5.19. The molecule has 2 aliphatic rings. The molecule has 3 atom stereocenters. The number of hydrogen-bond acceptors (Lipinski definition) is 3. The molecule has 0 aromatic rings. The van der Waals surface area contributed by atoms with Gasteiger partial charge in [-0.25, -0.2) is 0 Å². The second-order valence-electron chi connectivity index (χ2n) is 6.53. The molecular formula is C17H24O3. The van der Waals surface area contributed by atoms with Crippen molar-refractivity contribution in [1.29, 1.82) is 0 Å². The predicted molar refractivity (Wildman–Crippen MR) is 78.1 cm³/mol. The van der Waals surface area contributed by atoms with Crippen molar-refractivity contribution in [3.05, 3.63) is 23.3 Å². The third-order valence-electron chi connectivity index (χ3n) is 5.11. The van der Waals surface area contributed by atoms with Crippen LogP contribution in [0.4, 0.5) is 0 Å². The fraction of sp³-hybridized carbons (Fsp3) is 0.647. The van der Waals surface area contributed by atoms with Gasteiger partial charge in [0, 0.05) is 18.8 Å². The van der Waals surface area contributed by atoms with Gasteiger partial charge in [0.25, 0.3) is 0 Å². The smallest absolute Gasteiger partial charge is 0.302 e. The normalized spacial score (nSPS) is 33.7. The van der Waals surface area contributed by atoms with Gasteiger partial charge >= 0.3 is 5.97 Å². The second-order valence-corrected chi connectivity index (χ2v) is 6.53. The maximum absolute atomic E-state index is 12.2. The van der Waals surface area contributed by atoms with Crippen LogP contribution in [0.2, 0.25) is 0 Å². The van der Waals surface area contributed by atoms with Crippen LogP contribution >= 0.6 is 0 Å². The quantitative estimate of drug-likeness (QED) is 0.572. The van der Waals surface area contributed by atoms with Crippen LogP contribution in [0.1, 0.15) is 53.4 Å². The van der Waals surface area contributed by atoms with E-state index in [2.05, 4.69) is 20.4 Å². The summed E-state index contributed by atoms with van der Waals surface area (Å²) in [7, 11) is 0. The first-order chi connectivity index (χ1) is 9.25. The molecule has 0 radical (unpaired) electrons. The summed E-state index contributed by atoms with van der Waals surface area (Å²) in [6.45, 7) is 11.6. The van der Waals surface area contributed by atoms with Crippen molar-refractivity contribution in [3.63, 3.8) is 0 Å². The molecule has 0 unspecified atom stereocenters. The number of carbonyl (C=O) groups excluding carboxylic acids is 2. The number of allylic oxidation sites excluding steroid dienone is 2. The standard InChI is InChI=1S/C17H24O3/c1-10(2)13-6-7-17(5)14(8-13)11(3)15(19)9-16(17)20-12(4)18/h13,16H,1,6-9H2,2-5H3/t13-,16-,17-/m1/s1. The summed E-state index contributed by atoms with van der Waals surface area (Å²) in [6.07, 6.45) is 2.89. The average Bonchev–Trinajstić information content (AvgIpc) is 2.35. The Morgan fingerprint density at radius 2 is 2.00 bits per heavy atom. The molecule has 0 amide bonds. The number of Topliss-reactive ketones (excluding diaryl/α,β-unsaturated/α-hetero) is 1. The lowest BCUT2D eigenvalue weighted by Crippen LogP contribution is -2.46. The molecule has 20 heavy (non-hydrogen) atoms. The summed E-state index contributed by atoms with van der Waals surface area (Å²) in [4.78, 5) is 23.5. The SMILES string of the molecule is C=C(C)[C@@H]1CC[C@]2(C)C(=C(C)C(=O)C[C@H]2OC(C)=O)C1. The molecule has 2 rings (SSSR count). The van der Waals surface area contributed by atoms with Gasteiger partial charge in [0.15, 0.2) is 5.78 Å². The molecule has 3 heteroatoms. The highest BCUT2D eigenvalue weighted by molar-refractivity contribution is 5.97. The molecule has 0 saturated heterocycles. The van der Waals surface area contributed by atoms with E-state index in [-0.39, 0.29) is 23.3 Å². The summed E-state index contributed by atoms with van der Waals surface area (Å²) >= 11 is 0. The van der Waals surface area contributed by atoms with Crippen molar-refractivity contribution >= 4 is 11.8 Å². The predicted octanol–water partition coefficient (Wildman–Crippen LogP) is 3.59. The lowest BCUT2D eigenvalue weighted by Gasteiger charge is -2.47. The zero-order valence-electron chi connectivity index (χ0n) is 12.9. The van der Waals surface area contributed by atoms with Crippen LogP contribution < -0.4 is 0 Å². The Balaban J connectivity index is 2.38. The molecule has 0 aliphatic heterocycles. The molecule has 110 valence electrons. The van der Waals surface area contributed by atoms with Crippen LogP contribution in [0, 0.1) is 11.3 Å². The largest absolute Gasteiger partial charge is 0.461 e. The Hall–Kier alpha value is -1.38. The molecule has 0 aromatic heterocycles. The van der Waals surface area contributed by atoms with Crippen molar-refractivity contribution in [3.8, 4) is 0 Å². The van der Waals surface area contributed by atoms with E-state index in [1.54, 1.807) is 0 Å². The van der Waals surface area contributed by atoms with E-state index in [9.17, 15) is 9.59 Å². The van der Waals surface area contributed by atoms with Crippen LogP contribution in [0.3, 0.4) is 0 Å². The van der Waals surface area contributed by atoms with Crippen molar-refractivity contribution < 1.29 is 14.3 Å². The summed E-state index contributed by atoms with van der Waals surface area (Å²) in [5.74, 6) is 0.257. The van der Waals surface area contributed by atoms with E-state index in [4.69, 9.17) is 4.74 Å². The average molecular weight is 276 g/mol. The van der Waals surface area contributed by atoms with Crippen LogP contribution in [0.5, 0.6) is 0 Å². The molecule has 0 spiro atoms. The summed E-state index contributed by atoms with van der Waals surface area (Å²) < 4.78 is 5.46. The van der Waals surface area contributed by atoms with Gasteiger partial charge in [0.2, 0.25) is 0 Å². The fourth-order valence-electron chi connectivity index (χ4n) is 3.65. The minimum Gasteiger partial charge on any atom is -0.461 e. The highest BCUT2D eigenvalue weighted by Crippen LogP contribution is 2.52. The van der Waals surface area contributed by atoms with E-state index < -0.39 is 0 Å². The Labute approximate surface area is 121 Å². The van der Waals surface area contributed by atoms with Gasteiger partial charge in [0.1, 0.15) is 6.10 Å². The third-order valence-corrected chi connectivity index (χ3v) is 5.11. The van der Waals surface area contributed by atoms with E-state index in [0.29, 0.717) is 12.3 Å². The molecule has 0 N–H and O–H groups in total. The Morgan fingerprint density at radius 1 is 1.35 bits per heavy atom. The van der Waals surface area contributed by atoms with E-state index >= 15 is 0 Å². The Bertz CT molecular complexity index is 500. The Morgan fingerprint density at radius 3 is 2.55 bits per heavy atom. The molecule has 0 bridgehead atoms. The van der Waals surface area contributed by atoms with Crippen LogP contribution in [-0.2, 0) is 14.3 Å². The minimum atomic E-state index is -0.308. The number of carbonyl (C=O) groups is 2. The molecule has 1 saturated carbocycles. The van der Waals surface area contributed by atoms with Crippen LogP contribution in [-0.4, -0.2) is 17.9 Å². The topological polar surface area (TPSA) is 43.4 Å². The number of ketones is 1. The maximum Gasteiger partial charge on any atom is 0.302 e. The number of fused-ring (bicyclic) bond motifs is 1. The zero-order valence-corrected chi connectivity index (χ0v) is 12.9. The summed E-state index contributed by atoms with van der Waals surface area (Å²) in [5.41, 5.74) is 3.05. The zero-order chi connectivity index (χ0) is 15.1. The van der Waals surface area contributed by atoms with E-state index in [1.807, 2.05) is 6.92 Å².